The number of nitrogens with zero attached hydrogens (tertiary/aromatic N) is 3. The van der Waals surface area contributed by atoms with Gasteiger partial charge in [-0.25, -0.2) is 4.98 Å². The number of anilines is 2. The minimum absolute atomic E-state index is 0.363. The van der Waals surface area contributed by atoms with Crippen molar-refractivity contribution in [1.82, 2.24) is 9.97 Å². The normalized spacial score (nSPS) is 10.5. The molecule has 2 aromatic rings. The fourth-order valence-corrected chi connectivity index (χ4v) is 1.92. The van der Waals surface area contributed by atoms with Crippen molar-refractivity contribution in [3.8, 4) is 0 Å². The predicted octanol–water partition coefficient (Wildman–Crippen LogP) is 2.93. The van der Waals surface area contributed by atoms with Crippen LogP contribution >= 0.6 is 0 Å². The van der Waals surface area contributed by atoms with Crippen molar-refractivity contribution in [2.45, 2.75) is 26.4 Å². The van der Waals surface area contributed by atoms with Crippen molar-refractivity contribution < 1.29 is 0 Å². The summed E-state index contributed by atoms with van der Waals surface area (Å²) in [6, 6.07) is 10.8. The lowest BCUT2D eigenvalue weighted by Gasteiger charge is -2.28. The Kier molecular flexibility index (Phi) is 4.34. The van der Waals surface area contributed by atoms with Gasteiger partial charge in [0.05, 0.1) is 12.4 Å². The van der Waals surface area contributed by atoms with Gasteiger partial charge in [0.25, 0.3) is 0 Å². The molecule has 0 fully saturated rings. The van der Waals surface area contributed by atoms with Crippen LogP contribution in [0.2, 0.25) is 0 Å². The maximum atomic E-state index is 4.56. The first-order valence-corrected chi connectivity index (χ1v) is 6.51. The molecule has 1 N–H and O–H groups in total. The van der Waals surface area contributed by atoms with Crippen LogP contribution in [-0.2, 0) is 6.54 Å². The Morgan fingerprint density at radius 1 is 1.16 bits per heavy atom. The van der Waals surface area contributed by atoms with Gasteiger partial charge in [-0.1, -0.05) is 30.3 Å². The van der Waals surface area contributed by atoms with Gasteiger partial charge < -0.3 is 10.2 Å². The van der Waals surface area contributed by atoms with Gasteiger partial charge in [0, 0.05) is 19.6 Å². The van der Waals surface area contributed by atoms with E-state index in [-0.39, 0.29) is 0 Å². The number of hydrogen-bond acceptors (Lipinski definition) is 4. The maximum absolute atomic E-state index is 4.56. The van der Waals surface area contributed by atoms with E-state index in [1.807, 2.05) is 19.3 Å². The Morgan fingerprint density at radius 3 is 2.53 bits per heavy atom. The maximum Gasteiger partial charge on any atom is 0.150 e. The second-order valence-electron chi connectivity index (χ2n) is 4.72. The molecule has 0 aliphatic rings. The van der Waals surface area contributed by atoms with Gasteiger partial charge in [-0.3, -0.25) is 4.98 Å². The minimum atomic E-state index is 0.363. The number of hydrogen-bond donors (Lipinski definition) is 1. The van der Waals surface area contributed by atoms with E-state index in [2.05, 4.69) is 58.3 Å². The van der Waals surface area contributed by atoms with Crippen LogP contribution in [0.15, 0.2) is 42.7 Å². The van der Waals surface area contributed by atoms with E-state index < -0.39 is 0 Å². The van der Waals surface area contributed by atoms with Crippen LogP contribution in [0.25, 0.3) is 0 Å². The first kappa shape index (κ1) is 13.3. The van der Waals surface area contributed by atoms with Crippen molar-refractivity contribution in [2.24, 2.45) is 0 Å². The fourth-order valence-electron chi connectivity index (χ4n) is 1.92. The quantitative estimate of drug-likeness (QED) is 0.893. The Hall–Kier alpha value is -2.10. The summed E-state index contributed by atoms with van der Waals surface area (Å²) in [6.07, 6.45) is 3.54. The van der Waals surface area contributed by atoms with E-state index >= 15 is 0 Å². The zero-order valence-corrected chi connectivity index (χ0v) is 11.7. The number of rotatable bonds is 5. The van der Waals surface area contributed by atoms with Crippen LogP contribution in [0.3, 0.4) is 0 Å². The molecule has 0 spiro atoms. The van der Waals surface area contributed by atoms with Crippen LogP contribution in [0, 0.1) is 0 Å². The van der Waals surface area contributed by atoms with Crippen LogP contribution in [-0.4, -0.2) is 23.1 Å². The second-order valence-corrected chi connectivity index (χ2v) is 4.72. The number of benzene rings is 1. The van der Waals surface area contributed by atoms with Crippen molar-refractivity contribution >= 4 is 11.6 Å². The molecule has 0 saturated heterocycles. The first-order valence-electron chi connectivity index (χ1n) is 6.51. The highest BCUT2D eigenvalue weighted by Crippen LogP contribution is 2.18. The monoisotopic (exact) mass is 256 g/mol. The average molecular weight is 256 g/mol. The summed E-state index contributed by atoms with van der Waals surface area (Å²) in [5, 5.41) is 3.02. The molecule has 0 aliphatic carbocycles. The van der Waals surface area contributed by atoms with E-state index in [1.165, 1.54) is 5.56 Å². The van der Waals surface area contributed by atoms with Gasteiger partial charge in [-0.15, -0.1) is 0 Å². The summed E-state index contributed by atoms with van der Waals surface area (Å²) in [5.41, 5.74) is 1.27. The van der Waals surface area contributed by atoms with Gasteiger partial charge in [-0.2, -0.15) is 0 Å². The molecule has 0 aliphatic heterocycles. The van der Waals surface area contributed by atoms with Crippen molar-refractivity contribution in [2.75, 3.05) is 17.3 Å². The summed E-state index contributed by atoms with van der Waals surface area (Å²) in [4.78, 5) is 11.0. The molecule has 100 valence electrons. The van der Waals surface area contributed by atoms with Gasteiger partial charge >= 0.3 is 0 Å². The van der Waals surface area contributed by atoms with Crippen molar-refractivity contribution in [3.63, 3.8) is 0 Å². The van der Waals surface area contributed by atoms with E-state index in [9.17, 15) is 0 Å². The van der Waals surface area contributed by atoms with Crippen molar-refractivity contribution in [3.05, 3.63) is 48.3 Å². The summed E-state index contributed by atoms with van der Waals surface area (Å²) < 4.78 is 0. The van der Waals surface area contributed by atoms with Crippen molar-refractivity contribution in [1.29, 1.82) is 0 Å². The molecule has 4 nitrogen and oxygen atoms in total. The third-order valence-corrected chi connectivity index (χ3v) is 2.99. The molecule has 0 unspecified atom stereocenters. The first-order chi connectivity index (χ1) is 9.20. The third kappa shape index (κ3) is 3.44. The Balaban J connectivity index is 2.24. The molecule has 4 heteroatoms. The highest BCUT2D eigenvalue weighted by Gasteiger charge is 2.13. The molecule has 1 aromatic heterocycles. The lowest BCUT2D eigenvalue weighted by Crippen LogP contribution is -2.31. The summed E-state index contributed by atoms with van der Waals surface area (Å²) in [6.45, 7) is 5.16. The van der Waals surface area contributed by atoms with E-state index in [4.69, 9.17) is 0 Å². The summed E-state index contributed by atoms with van der Waals surface area (Å²) in [7, 11) is 1.85. The highest BCUT2D eigenvalue weighted by atomic mass is 15.2. The van der Waals surface area contributed by atoms with Crippen LogP contribution in [0.4, 0.5) is 11.6 Å². The molecule has 1 heterocycles. The predicted molar refractivity (Wildman–Crippen MR) is 79.3 cm³/mol. The topological polar surface area (TPSA) is 41.1 Å². The molecule has 0 amide bonds. The molecule has 0 saturated carbocycles. The largest absolute Gasteiger partial charge is 0.372 e. The highest BCUT2D eigenvalue weighted by molar-refractivity contribution is 5.44. The van der Waals surface area contributed by atoms with Gasteiger partial charge in [0.2, 0.25) is 0 Å². The van der Waals surface area contributed by atoms with Crippen LogP contribution in [0.5, 0.6) is 0 Å². The SMILES string of the molecule is CNc1cncc(N(Cc2ccccc2)C(C)C)n1. The lowest BCUT2D eigenvalue weighted by molar-refractivity contribution is 0.671. The van der Waals surface area contributed by atoms with E-state index in [0.717, 1.165) is 18.2 Å². The Bertz CT molecular complexity index is 511. The molecule has 0 atom stereocenters. The van der Waals surface area contributed by atoms with Gasteiger partial charge in [0.15, 0.2) is 0 Å². The van der Waals surface area contributed by atoms with Crippen LogP contribution < -0.4 is 10.2 Å². The third-order valence-electron chi connectivity index (χ3n) is 2.99. The smallest absolute Gasteiger partial charge is 0.150 e. The van der Waals surface area contributed by atoms with E-state index in [1.54, 1.807) is 6.20 Å². The van der Waals surface area contributed by atoms with Gasteiger partial charge in [-0.05, 0) is 19.4 Å². The second kappa shape index (κ2) is 6.18. The summed E-state index contributed by atoms with van der Waals surface area (Å²) in [5.74, 6) is 1.68. The fraction of sp³-hybridized carbons (Fsp3) is 0.333. The minimum Gasteiger partial charge on any atom is -0.372 e. The molecule has 0 bridgehead atoms. The molecular formula is C15H20N4. The van der Waals surface area contributed by atoms with Crippen LogP contribution in [0.1, 0.15) is 19.4 Å². The van der Waals surface area contributed by atoms with E-state index in [0.29, 0.717) is 6.04 Å². The number of nitrogens with one attached hydrogen (secondary N) is 1. The molecular weight excluding hydrogens is 236 g/mol. The average Bonchev–Trinajstić information content (AvgIpc) is 2.45. The molecule has 19 heavy (non-hydrogen) atoms. The standard InChI is InChI=1S/C15H20N4/c1-12(2)19(11-13-7-5-4-6-8-13)15-10-17-9-14(16-3)18-15/h4-10,12H,11H2,1-3H3,(H,16,18). The number of aromatic nitrogens is 2. The molecule has 0 radical (unpaired) electrons. The molecule has 2 rings (SSSR count). The summed E-state index contributed by atoms with van der Waals surface area (Å²) >= 11 is 0. The lowest BCUT2D eigenvalue weighted by atomic mass is 10.2. The molecule has 1 aromatic carbocycles. The Labute approximate surface area is 114 Å². The Morgan fingerprint density at radius 2 is 1.89 bits per heavy atom. The zero-order valence-electron chi connectivity index (χ0n) is 11.7. The van der Waals surface area contributed by atoms with Gasteiger partial charge in [0.1, 0.15) is 11.6 Å². The zero-order chi connectivity index (χ0) is 13.7.